The Hall–Kier alpha value is -2.21. The number of aromatic nitrogens is 4. The lowest BCUT2D eigenvalue weighted by atomic mass is 10.2. The minimum absolute atomic E-state index is 0.587. The molecule has 3 rings (SSSR count). The van der Waals surface area contributed by atoms with Gasteiger partial charge in [0.05, 0.1) is 6.54 Å². The second kappa shape index (κ2) is 4.34. The van der Waals surface area contributed by atoms with Gasteiger partial charge in [-0.3, -0.25) is 0 Å². The maximum atomic E-state index is 4.66. The van der Waals surface area contributed by atoms with E-state index in [1.165, 1.54) is 12.0 Å². The number of H-pyrrole nitrogens is 1. The molecule has 0 aliphatic rings. The van der Waals surface area contributed by atoms with Gasteiger partial charge in [0.15, 0.2) is 5.82 Å². The Balaban J connectivity index is 1.69. The summed E-state index contributed by atoms with van der Waals surface area (Å²) >= 11 is 0. The number of fused-ring (bicyclic) bond motifs is 1. The van der Waals surface area contributed by atoms with Crippen molar-refractivity contribution in [1.82, 2.24) is 25.4 Å². The van der Waals surface area contributed by atoms with Crippen LogP contribution in [0.1, 0.15) is 11.4 Å². The first-order valence-corrected chi connectivity index (χ1v) is 5.30. The summed E-state index contributed by atoms with van der Waals surface area (Å²) in [5.41, 5.74) is 2.08. The Bertz CT molecular complexity index is 601. The highest BCUT2D eigenvalue weighted by molar-refractivity contribution is 5.79. The predicted octanol–water partition coefficient (Wildman–Crippen LogP) is 1.24. The normalized spacial score (nSPS) is 11.1. The standard InChI is InChI=1S/C11H11N5O/c1-2-9-8(5-14-11(9)13-3-1)4-12-6-10-15-7-17-16-10/h1-3,5,7,12H,4,6H2,(H,13,14). The Kier molecular flexibility index (Phi) is 2.55. The smallest absolute Gasteiger partial charge is 0.213 e. The van der Waals surface area contributed by atoms with Crippen molar-refractivity contribution in [3.05, 3.63) is 42.3 Å². The number of hydrogen-bond acceptors (Lipinski definition) is 5. The van der Waals surface area contributed by atoms with Crippen molar-refractivity contribution in [2.24, 2.45) is 0 Å². The lowest BCUT2D eigenvalue weighted by Crippen LogP contribution is -2.13. The van der Waals surface area contributed by atoms with Crippen molar-refractivity contribution in [3.63, 3.8) is 0 Å². The van der Waals surface area contributed by atoms with Crippen LogP contribution in [0, 0.1) is 0 Å². The molecule has 0 atom stereocenters. The van der Waals surface area contributed by atoms with E-state index in [0.29, 0.717) is 12.4 Å². The number of nitrogens with one attached hydrogen (secondary N) is 2. The molecule has 0 radical (unpaired) electrons. The fourth-order valence-corrected chi connectivity index (χ4v) is 1.74. The maximum Gasteiger partial charge on any atom is 0.213 e. The lowest BCUT2D eigenvalue weighted by molar-refractivity contribution is 0.407. The van der Waals surface area contributed by atoms with Crippen LogP contribution in [0.2, 0.25) is 0 Å². The van der Waals surface area contributed by atoms with Gasteiger partial charge in [0.25, 0.3) is 0 Å². The van der Waals surface area contributed by atoms with Crippen LogP contribution >= 0.6 is 0 Å². The Morgan fingerprint density at radius 1 is 1.29 bits per heavy atom. The van der Waals surface area contributed by atoms with E-state index in [-0.39, 0.29) is 0 Å². The largest absolute Gasteiger partial charge is 0.346 e. The number of pyridine rings is 1. The van der Waals surface area contributed by atoms with Crippen LogP contribution < -0.4 is 5.32 Å². The summed E-state index contributed by atoms with van der Waals surface area (Å²) in [4.78, 5) is 11.3. The first-order chi connectivity index (χ1) is 8.43. The Morgan fingerprint density at radius 2 is 2.29 bits per heavy atom. The molecule has 3 aromatic rings. The van der Waals surface area contributed by atoms with Gasteiger partial charge in [-0.05, 0) is 17.7 Å². The number of nitrogens with zero attached hydrogens (tertiary/aromatic N) is 3. The summed E-state index contributed by atoms with van der Waals surface area (Å²) < 4.78 is 4.66. The molecule has 3 heterocycles. The van der Waals surface area contributed by atoms with Gasteiger partial charge in [0.2, 0.25) is 6.39 Å². The average molecular weight is 229 g/mol. The molecule has 0 amide bonds. The van der Waals surface area contributed by atoms with E-state index in [1.807, 2.05) is 18.3 Å². The number of aromatic amines is 1. The molecule has 0 spiro atoms. The van der Waals surface area contributed by atoms with Gasteiger partial charge in [0.1, 0.15) is 5.65 Å². The van der Waals surface area contributed by atoms with Crippen molar-refractivity contribution >= 4 is 11.0 Å². The zero-order valence-corrected chi connectivity index (χ0v) is 9.05. The van der Waals surface area contributed by atoms with Crippen LogP contribution in [0.15, 0.2) is 35.4 Å². The van der Waals surface area contributed by atoms with Crippen LogP contribution in [0.25, 0.3) is 11.0 Å². The van der Waals surface area contributed by atoms with Crippen LogP contribution in [-0.4, -0.2) is 20.1 Å². The van der Waals surface area contributed by atoms with Gasteiger partial charge in [-0.1, -0.05) is 5.16 Å². The molecule has 0 saturated heterocycles. The molecule has 3 aromatic heterocycles. The van der Waals surface area contributed by atoms with E-state index in [9.17, 15) is 0 Å². The summed E-state index contributed by atoms with van der Waals surface area (Å²) in [6, 6.07) is 3.98. The number of hydrogen-bond donors (Lipinski definition) is 2. The molecule has 2 N–H and O–H groups in total. The summed E-state index contributed by atoms with van der Waals surface area (Å²) in [6.45, 7) is 1.32. The lowest BCUT2D eigenvalue weighted by Gasteiger charge is -1.99. The molecule has 0 aliphatic heterocycles. The van der Waals surface area contributed by atoms with Crippen molar-refractivity contribution in [1.29, 1.82) is 0 Å². The molecule has 0 unspecified atom stereocenters. The molecule has 0 fully saturated rings. The van der Waals surface area contributed by atoms with Crippen molar-refractivity contribution in [2.45, 2.75) is 13.1 Å². The molecular formula is C11H11N5O. The van der Waals surface area contributed by atoms with Crippen LogP contribution in [-0.2, 0) is 13.1 Å². The maximum absolute atomic E-state index is 4.66. The van der Waals surface area contributed by atoms with Gasteiger partial charge in [-0.25, -0.2) is 4.98 Å². The van der Waals surface area contributed by atoms with E-state index >= 15 is 0 Å². The van der Waals surface area contributed by atoms with Gasteiger partial charge in [-0.15, -0.1) is 0 Å². The molecule has 0 aromatic carbocycles. The van der Waals surface area contributed by atoms with Crippen LogP contribution in [0.3, 0.4) is 0 Å². The third-order valence-corrected chi connectivity index (χ3v) is 2.54. The molecule has 0 saturated carbocycles. The summed E-state index contributed by atoms with van der Waals surface area (Å²) in [7, 11) is 0. The second-order valence-electron chi connectivity index (χ2n) is 3.66. The average Bonchev–Trinajstić information content (AvgIpc) is 2.99. The molecular weight excluding hydrogens is 218 g/mol. The topological polar surface area (TPSA) is 79.6 Å². The summed E-state index contributed by atoms with van der Waals surface area (Å²) in [5.74, 6) is 0.656. The Labute approximate surface area is 97.1 Å². The van der Waals surface area contributed by atoms with Crippen molar-refractivity contribution in [2.75, 3.05) is 0 Å². The fourth-order valence-electron chi connectivity index (χ4n) is 1.74. The van der Waals surface area contributed by atoms with Crippen molar-refractivity contribution in [3.8, 4) is 0 Å². The number of rotatable bonds is 4. The Morgan fingerprint density at radius 3 is 3.18 bits per heavy atom. The molecule has 6 heteroatoms. The van der Waals surface area contributed by atoms with Crippen LogP contribution in [0.4, 0.5) is 0 Å². The summed E-state index contributed by atoms with van der Waals surface area (Å²) in [5, 5.41) is 8.11. The highest BCUT2D eigenvalue weighted by atomic mass is 16.5. The van der Waals surface area contributed by atoms with E-state index in [2.05, 4.69) is 29.9 Å². The van der Waals surface area contributed by atoms with Gasteiger partial charge in [-0.2, -0.15) is 4.98 Å². The first-order valence-electron chi connectivity index (χ1n) is 5.30. The minimum Gasteiger partial charge on any atom is -0.346 e. The first kappa shape index (κ1) is 9.98. The van der Waals surface area contributed by atoms with E-state index in [0.717, 1.165) is 17.6 Å². The van der Waals surface area contributed by atoms with Gasteiger partial charge in [0, 0.05) is 24.3 Å². The van der Waals surface area contributed by atoms with E-state index in [4.69, 9.17) is 0 Å². The highest BCUT2D eigenvalue weighted by Crippen LogP contribution is 2.15. The zero-order chi connectivity index (χ0) is 11.5. The third-order valence-electron chi connectivity index (χ3n) is 2.54. The molecule has 6 nitrogen and oxygen atoms in total. The SMILES string of the molecule is c1cnc2[nH]cc(CNCc3ncon3)c2c1. The summed E-state index contributed by atoms with van der Waals surface area (Å²) in [6.07, 6.45) is 5.06. The van der Waals surface area contributed by atoms with E-state index < -0.39 is 0 Å². The third kappa shape index (κ3) is 2.02. The van der Waals surface area contributed by atoms with Gasteiger partial charge >= 0.3 is 0 Å². The quantitative estimate of drug-likeness (QED) is 0.703. The monoisotopic (exact) mass is 229 g/mol. The fraction of sp³-hybridized carbons (Fsp3) is 0.182. The molecule has 0 bridgehead atoms. The predicted molar refractivity (Wildman–Crippen MR) is 60.9 cm³/mol. The van der Waals surface area contributed by atoms with Crippen LogP contribution in [0.5, 0.6) is 0 Å². The van der Waals surface area contributed by atoms with Gasteiger partial charge < -0.3 is 14.8 Å². The highest BCUT2D eigenvalue weighted by Gasteiger charge is 2.04. The second-order valence-corrected chi connectivity index (χ2v) is 3.66. The van der Waals surface area contributed by atoms with Crippen molar-refractivity contribution < 1.29 is 4.52 Å². The zero-order valence-electron chi connectivity index (χ0n) is 9.05. The molecule has 86 valence electrons. The molecule has 0 aliphatic carbocycles. The molecule has 17 heavy (non-hydrogen) atoms. The minimum atomic E-state index is 0.587. The van der Waals surface area contributed by atoms with E-state index in [1.54, 1.807) is 6.20 Å².